The van der Waals surface area contributed by atoms with E-state index >= 15 is 0 Å². The SMILES string of the molecule is CCCCCCCc1ccc(C#CC=CC#Cc2ccc(OCCCCC)cc2)cc1. The Balaban J connectivity index is 1.73. The molecule has 0 saturated carbocycles. The molecule has 0 bridgehead atoms. The third-order valence-corrected chi connectivity index (χ3v) is 5.08. The molecule has 0 radical (unpaired) electrons. The summed E-state index contributed by atoms with van der Waals surface area (Å²) in [5.41, 5.74) is 3.42. The molecule has 0 saturated heterocycles. The van der Waals surface area contributed by atoms with E-state index in [1.165, 1.54) is 56.9 Å². The first kappa shape index (κ1) is 24.4. The van der Waals surface area contributed by atoms with Gasteiger partial charge < -0.3 is 4.74 Å². The van der Waals surface area contributed by atoms with Gasteiger partial charge in [0.15, 0.2) is 0 Å². The lowest BCUT2D eigenvalue weighted by molar-refractivity contribution is 0.306. The number of hydrogen-bond donors (Lipinski definition) is 0. The summed E-state index contributed by atoms with van der Waals surface area (Å²) in [6, 6.07) is 16.6. The Kier molecular flexibility index (Phi) is 12.5. The average molecular weight is 413 g/mol. The molecule has 2 aromatic rings. The van der Waals surface area contributed by atoms with Crippen molar-refractivity contribution in [3.05, 3.63) is 77.4 Å². The van der Waals surface area contributed by atoms with Crippen molar-refractivity contribution in [1.29, 1.82) is 0 Å². The van der Waals surface area contributed by atoms with E-state index in [1.807, 2.05) is 24.3 Å². The Hall–Kier alpha value is -2.90. The van der Waals surface area contributed by atoms with E-state index in [9.17, 15) is 0 Å². The highest BCUT2D eigenvalue weighted by Crippen LogP contribution is 2.12. The first-order chi connectivity index (χ1) is 15.3. The molecule has 1 nitrogen and oxygen atoms in total. The van der Waals surface area contributed by atoms with E-state index in [0.29, 0.717) is 0 Å². The number of aryl methyl sites for hydroxylation is 1. The highest BCUT2D eigenvalue weighted by atomic mass is 16.5. The molecule has 0 atom stereocenters. The molecular formula is C30H36O. The summed E-state index contributed by atoms with van der Waals surface area (Å²) >= 11 is 0. The second-order valence-corrected chi connectivity index (χ2v) is 7.81. The van der Waals surface area contributed by atoms with Crippen LogP contribution in [0.2, 0.25) is 0 Å². The molecule has 31 heavy (non-hydrogen) atoms. The van der Waals surface area contributed by atoms with E-state index < -0.39 is 0 Å². The molecule has 2 aromatic carbocycles. The standard InChI is InChI=1S/C30H36O/c1-3-5-7-8-11-15-27-18-20-28(21-19-27)16-12-9-10-13-17-29-22-24-30(25-23-29)31-26-14-6-4-2/h9-10,18-25H,3-8,11,14-15,26H2,1-2H3. The van der Waals surface area contributed by atoms with Gasteiger partial charge in [-0.1, -0.05) is 88.2 Å². The lowest BCUT2D eigenvalue weighted by Crippen LogP contribution is -1.96. The van der Waals surface area contributed by atoms with Crippen molar-refractivity contribution >= 4 is 0 Å². The van der Waals surface area contributed by atoms with Crippen molar-refractivity contribution < 1.29 is 4.74 Å². The highest BCUT2D eigenvalue weighted by Gasteiger charge is 1.95. The van der Waals surface area contributed by atoms with Gasteiger partial charge in [-0.2, -0.15) is 0 Å². The fourth-order valence-corrected chi connectivity index (χ4v) is 3.20. The number of ether oxygens (including phenoxy) is 1. The van der Waals surface area contributed by atoms with Crippen molar-refractivity contribution in [2.75, 3.05) is 6.61 Å². The molecule has 0 aliphatic carbocycles. The van der Waals surface area contributed by atoms with Crippen molar-refractivity contribution in [2.45, 2.75) is 71.6 Å². The molecule has 0 aromatic heterocycles. The van der Waals surface area contributed by atoms with E-state index in [0.717, 1.165) is 29.9 Å². The summed E-state index contributed by atoms with van der Waals surface area (Å²) in [5, 5.41) is 0. The summed E-state index contributed by atoms with van der Waals surface area (Å²) in [6.07, 6.45) is 14.9. The smallest absolute Gasteiger partial charge is 0.119 e. The Morgan fingerprint density at radius 3 is 1.81 bits per heavy atom. The van der Waals surface area contributed by atoms with Crippen LogP contribution in [0.5, 0.6) is 5.75 Å². The van der Waals surface area contributed by atoms with Crippen LogP contribution < -0.4 is 4.74 Å². The Bertz CT molecular complexity index is 880. The monoisotopic (exact) mass is 412 g/mol. The molecule has 162 valence electrons. The maximum absolute atomic E-state index is 5.72. The molecule has 0 amide bonds. The summed E-state index contributed by atoms with van der Waals surface area (Å²) in [6.45, 7) is 5.23. The average Bonchev–Trinajstić information content (AvgIpc) is 2.80. The van der Waals surface area contributed by atoms with Gasteiger partial charge in [0.2, 0.25) is 0 Å². The van der Waals surface area contributed by atoms with Crippen LogP contribution in [-0.2, 0) is 6.42 Å². The molecular weight excluding hydrogens is 376 g/mol. The molecule has 0 spiro atoms. The summed E-state index contributed by atoms with van der Waals surface area (Å²) in [5.74, 6) is 13.3. The number of hydrogen-bond acceptors (Lipinski definition) is 1. The maximum Gasteiger partial charge on any atom is 0.119 e. The molecule has 0 aliphatic rings. The van der Waals surface area contributed by atoms with Gasteiger partial charge in [-0.05, 0) is 73.4 Å². The topological polar surface area (TPSA) is 9.23 Å². The van der Waals surface area contributed by atoms with E-state index in [1.54, 1.807) is 12.2 Å². The molecule has 2 rings (SSSR count). The lowest BCUT2D eigenvalue weighted by atomic mass is 10.0. The second-order valence-electron chi connectivity index (χ2n) is 7.81. The minimum Gasteiger partial charge on any atom is -0.494 e. The normalized spacial score (nSPS) is 10.3. The van der Waals surface area contributed by atoms with Gasteiger partial charge in [-0.15, -0.1) is 0 Å². The third-order valence-electron chi connectivity index (χ3n) is 5.08. The molecule has 0 fully saturated rings. The molecule has 1 heteroatoms. The minimum absolute atomic E-state index is 0.780. The van der Waals surface area contributed by atoms with Gasteiger partial charge in [-0.25, -0.2) is 0 Å². The van der Waals surface area contributed by atoms with E-state index in [4.69, 9.17) is 4.74 Å². The zero-order valence-electron chi connectivity index (χ0n) is 19.3. The largest absolute Gasteiger partial charge is 0.494 e. The van der Waals surface area contributed by atoms with Crippen LogP contribution >= 0.6 is 0 Å². The van der Waals surface area contributed by atoms with Crippen molar-refractivity contribution in [2.24, 2.45) is 0 Å². The summed E-state index contributed by atoms with van der Waals surface area (Å²) < 4.78 is 5.72. The van der Waals surface area contributed by atoms with Gasteiger partial charge >= 0.3 is 0 Å². The van der Waals surface area contributed by atoms with E-state index in [-0.39, 0.29) is 0 Å². The van der Waals surface area contributed by atoms with Gasteiger partial charge in [0, 0.05) is 11.1 Å². The van der Waals surface area contributed by atoms with Crippen LogP contribution in [0.15, 0.2) is 60.7 Å². The minimum atomic E-state index is 0.780. The quantitative estimate of drug-likeness (QED) is 0.271. The number of unbranched alkanes of at least 4 members (excludes halogenated alkanes) is 6. The first-order valence-corrected chi connectivity index (χ1v) is 11.8. The molecule has 0 heterocycles. The lowest BCUT2D eigenvalue weighted by Gasteiger charge is -2.05. The highest BCUT2D eigenvalue weighted by molar-refractivity contribution is 5.42. The van der Waals surface area contributed by atoms with E-state index in [2.05, 4.69) is 61.8 Å². The van der Waals surface area contributed by atoms with Crippen LogP contribution in [0.1, 0.15) is 81.9 Å². The molecule has 0 N–H and O–H groups in total. The van der Waals surface area contributed by atoms with Crippen LogP contribution in [0.25, 0.3) is 0 Å². The fourth-order valence-electron chi connectivity index (χ4n) is 3.20. The fraction of sp³-hybridized carbons (Fsp3) is 0.400. The van der Waals surface area contributed by atoms with Crippen LogP contribution in [-0.4, -0.2) is 6.61 Å². The third kappa shape index (κ3) is 11.2. The van der Waals surface area contributed by atoms with Gasteiger partial charge in [0.05, 0.1) is 6.61 Å². The number of benzene rings is 2. The number of allylic oxidation sites excluding steroid dienone is 2. The zero-order valence-corrected chi connectivity index (χ0v) is 19.3. The predicted octanol–water partition coefficient (Wildman–Crippen LogP) is 7.73. The second kappa shape index (κ2) is 15.9. The summed E-state index contributed by atoms with van der Waals surface area (Å²) in [4.78, 5) is 0. The Labute approximate surface area is 189 Å². The zero-order chi connectivity index (χ0) is 22.0. The maximum atomic E-state index is 5.72. The predicted molar refractivity (Wildman–Crippen MR) is 133 cm³/mol. The number of rotatable bonds is 11. The van der Waals surface area contributed by atoms with Crippen molar-refractivity contribution in [3.63, 3.8) is 0 Å². The molecule has 0 unspecified atom stereocenters. The first-order valence-electron chi connectivity index (χ1n) is 11.8. The van der Waals surface area contributed by atoms with Gasteiger partial charge in [0.25, 0.3) is 0 Å². The van der Waals surface area contributed by atoms with Crippen LogP contribution in [0, 0.1) is 23.7 Å². The Morgan fingerprint density at radius 2 is 1.19 bits per heavy atom. The van der Waals surface area contributed by atoms with Crippen molar-refractivity contribution in [3.8, 4) is 29.4 Å². The molecule has 0 aliphatic heterocycles. The van der Waals surface area contributed by atoms with Crippen molar-refractivity contribution in [1.82, 2.24) is 0 Å². The van der Waals surface area contributed by atoms with Crippen LogP contribution in [0.3, 0.4) is 0 Å². The Morgan fingerprint density at radius 1 is 0.645 bits per heavy atom. The van der Waals surface area contributed by atoms with Gasteiger partial charge in [0.1, 0.15) is 5.75 Å². The van der Waals surface area contributed by atoms with Gasteiger partial charge in [-0.3, -0.25) is 0 Å². The summed E-state index contributed by atoms with van der Waals surface area (Å²) in [7, 11) is 0. The van der Waals surface area contributed by atoms with Crippen LogP contribution in [0.4, 0.5) is 0 Å².